The molecule has 4 rings (SSSR count). The van der Waals surface area contributed by atoms with E-state index in [4.69, 9.17) is 16.3 Å². The van der Waals surface area contributed by atoms with Crippen molar-refractivity contribution in [2.45, 2.75) is 38.4 Å². The highest BCUT2D eigenvalue weighted by atomic mass is 35.5. The van der Waals surface area contributed by atoms with Gasteiger partial charge in [0, 0.05) is 31.0 Å². The van der Waals surface area contributed by atoms with Crippen LogP contribution < -0.4 is 10.1 Å². The molecular weight excluding hydrogens is 508 g/mol. The third kappa shape index (κ3) is 8.45. The SMILES string of the molecule is COc1ccc(CN(C(=O)CCc2ccccc2)[C@@H](Cc2ccccc2)C(=O)NCc2ccc(Cl)cc2)cc1. The number of carbonyl (C=O) groups excluding carboxylic acids is 2. The number of aryl methyl sites for hydroxylation is 1. The Morgan fingerprint density at radius 1 is 0.769 bits per heavy atom. The van der Waals surface area contributed by atoms with Gasteiger partial charge in [-0.3, -0.25) is 9.59 Å². The van der Waals surface area contributed by atoms with Gasteiger partial charge in [0.1, 0.15) is 11.8 Å². The van der Waals surface area contributed by atoms with E-state index < -0.39 is 6.04 Å². The number of nitrogens with zero attached hydrogens (tertiary/aromatic N) is 1. The van der Waals surface area contributed by atoms with Crippen molar-refractivity contribution < 1.29 is 14.3 Å². The zero-order chi connectivity index (χ0) is 27.5. The number of hydrogen-bond acceptors (Lipinski definition) is 3. The monoisotopic (exact) mass is 540 g/mol. The normalized spacial score (nSPS) is 11.4. The van der Waals surface area contributed by atoms with Crippen molar-refractivity contribution in [1.29, 1.82) is 0 Å². The second kappa shape index (κ2) is 14.2. The van der Waals surface area contributed by atoms with E-state index >= 15 is 0 Å². The van der Waals surface area contributed by atoms with Crippen LogP contribution in [-0.4, -0.2) is 29.9 Å². The van der Waals surface area contributed by atoms with Crippen LogP contribution in [0, 0.1) is 0 Å². The van der Waals surface area contributed by atoms with E-state index in [-0.39, 0.29) is 11.8 Å². The van der Waals surface area contributed by atoms with E-state index in [1.165, 1.54) is 0 Å². The van der Waals surface area contributed by atoms with E-state index in [0.717, 1.165) is 28.0 Å². The van der Waals surface area contributed by atoms with Crippen LogP contribution in [0.3, 0.4) is 0 Å². The minimum Gasteiger partial charge on any atom is -0.497 e. The Balaban J connectivity index is 1.60. The molecule has 0 bridgehead atoms. The van der Waals surface area contributed by atoms with Gasteiger partial charge in [0.15, 0.2) is 0 Å². The third-order valence-corrected chi connectivity index (χ3v) is 6.89. The van der Waals surface area contributed by atoms with Gasteiger partial charge in [-0.15, -0.1) is 0 Å². The Kier molecular flexibility index (Phi) is 10.1. The molecule has 1 atom stereocenters. The van der Waals surface area contributed by atoms with Gasteiger partial charge in [-0.2, -0.15) is 0 Å². The first-order chi connectivity index (χ1) is 19.0. The van der Waals surface area contributed by atoms with Crippen LogP contribution in [0.5, 0.6) is 5.75 Å². The van der Waals surface area contributed by atoms with Crippen molar-refractivity contribution in [1.82, 2.24) is 10.2 Å². The molecule has 0 saturated carbocycles. The maximum absolute atomic E-state index is 13.8. The molecule has 0 spiro atoms. The maximum atomic E-state index is 13.8. The average Bonchev–Trinajstić information content (AvgIpc) is 2.98. The van der Waals surface area contributed by atoms with Crippen LogP contribution in [0.1, 0.15) is 28.7 Å². The third-order valence-electron chi connectivity index (χ3n) is 6.63. The number of amides is 2. The Hall–Kier alpha value is -4.09. The van der Waals surface area contributed by atoms with Gasteiger partial charge in [0.25, 0.3) is 0 Å². The molecule has 4 aromatic rings. The van der Waals surface area contributed by atoms with E-state index in [0.29, 0.717) is 37.4 Å². The number of halogens is 1. The molecule has 0 fully saturated rings. The first-order valence-corrected chi connectivity index (χ1v) is 13.4. The summed E-state index contributed by atoms with van der Waals surface area (Å²) in [6.07, 6.45) is 1.31. The molecule has 200 valence electrons. The lowest BCUT2D eigenvalue weighted by Gasteiger charge is -2.32. The summed E-state index contributed by atoms with van der Waals surface area (Å²) >= 11 is 6.02. The fraction of sp³-hybridized carbons (Fsp3) is 0.212. The summed E-state index contributed by atoms with van der Waals surface area (Å²) in [5.74, 6) is 0.467. The highest BCUT2D eigenvalue weighted by Gasteiger charge is 2.30. The molecule has 2 amide bonds. The van der Waals surface area contributed by atoms with Gasteiger partial charge in [-0.1, -0.05) is 96.5 Å². The molecule has 0 aliphatic rings. The van der Waals surface area contributed by atoms with Crippen molar-refractivity contribution in [3.05, 3.63) is 136 Å². The molecule has 0 heterocycles. The summed E-state index contributed by atoms with van der Waals surface area (Å²) in [6, 6.07) is 34.0. The largest absolute Gasteiger partial charge is 0.497 e. The summed E-state index contributed by atoms with van der Waals surface area (Å²) in [5, 5.41) is 3.70. The molecule has 5 nitrogen and oxygen atoms in total. The van der Waals surface area contributed by atoms with Gasteiger partial charge in [-0.05, 0) is 52.9 Å². The van der Waals surface area contributed by atoms with Gasteiger partial charge in [0.05, 0.1) is 7.11 Å². The minimum atomic E-state index is -0.690. The molecule has 1 N–H and O–H groups in total. The predicted octanol–water partition coefficient (Wildman–Crippen LogP) is 6.24. The standard InChI is InChI=1S/C33H33ClN2O3/c1-39-30-19-14-28(15-20-30)24-36(32(37)21-16-25-8-4-2-5-9-25)31(22-26-10-6-3-7-11-26)33(38)35-23-27-12-17-29(34)18-13-27/h2-15,17-20,31H,16,21-24H2,1H3,(H,35,38)/t31-/m0/s1. The molecule has 0 aliphatic carbocycles. The van der Waals surface area contributed by atoms with Gasteiger partial charge in [0.2, 0.25) is 11.8 Å². The lowest BCUT2D eigenvalue weighted by atomic mass is 10.0. The summed E-state index contributed by atoms with van der Waals surface area (Å²) < 4.78 is 5.30. The molecule has 0 unspecified atom stereocenters. The minimum absolute atomic E-state index is 0.0720. The van der Waals surface area contributed by atoms with Crippen LogP contribution in [0.15, 0.2) is 109 Å². The summed E-state index contributed by atoms with van der Waals surface area (Å²) in [5.41, 5.74) is 3.93. The molecule has 39 heavy (non-hydrogen) atoms. The lowest BCUT2D eigenvalue weighted by Crippen LogP contribution is -2.50. The summed E-state index contributed by atoms with van der Waals surface area (Å²) in [6.45, 7) is 0.652. The maximum Gasteiger partial charge on any atom is 0.243 e. The van der Waals surface area contributed by atoms with Crippen LogP contribution in [0.4, 0.5) is 0 Å². The number of carbonyl (C=O) groups is 2. The Morgan fingerprint density at radius 3 is 1.97 bits per heavy atom. The van der Waals surface area contributed by atoms with E-state index in [9.17, 15) is 9.59 Å². The predicted molar refractivity (Wildman–Crippen MR) is 156 cm³/mol. The van der Waals surface area contributed by atoms with Crippen LogP contribution in [0.2, 0.25) is 5.02 Å². The van der Waals surface area contributed by atoms with Crippen molar-refractivity contribution in [3.8, 4) is 5.75 Å². The first-order valence-electron chi connectivity index (χ1n) is 13.0. The Morgan fingerprint density at radius 2 is 1.36 bits per heavy atom. The number of ether oxygens (including phenoxy) is 1. The van der Waals surface area contributed by atoms with Crippen LogP contribution in [0.25, 0.3) is 0 Å². The number of methoxy groups -OCH3 is 1. The number of rotatable bonds is 12. The smallest absolute Gasteiger partial charge is 0.243 e. The van der Waals surface area contributed by atoms with Crippen molar-refractivity contribution in [2.24, 2.45) is 0 Å². The van der Waals surface area contributed by atoms with Crippen molar-refractivity contribution in [2.75, 3.05) is 7.11 Å². The molecular formula is C33H33ClN2O3. The molecule has 4 aromatic carbocycles. The summed E-state index contributed by atoms with van der Waals surface area (Å²) in [7, 11) is 1.62. The highest BCUT2D eigenvalue weighted by molar-refractivity contribution is 6.30. The molecule has 0 aromatic heterocycles. The molecule has 0 radical (unpaired) electrons. The van der Waals surface area contributed by atoms with E-state index in [2.05, 4.69) is 5.32 Å². The molecule has 0 aliphatic heterocycles. The quantitative estimate of drug-likeness (QED) is 0.231. The fourth-order valence-electron chi connectivity index (χ4n) is 4.43. The molecule has 6 heteroatoms. The van der Waals surface area contributed by atoms with Crippen LogP contribution in [-0.2, 0) is 35.5 Å². The van der Waals surface area contributed by atoms with Gasteiger partial charge < -0.3 is 15.0 Å². The Bertz CT molecular complexity index is 1330. The second-order valence-corrected chi connectivity index (χ2v) is 9.84. The number of nitrogens with one attached hydrogen (secondary N) is 1. The highest BCUT2D eigenvalue weighted by Crippen LogP contribution is 2.19. The molecule has 0 saturated heterocycles. The van der Waals surface area contributed by atoms with E-state index in [1.807, 2.05) is 97.1 Å². The van der Waals surface area contributed by atoms with Gasteiger partial charge in [-0.25, -0.2) is 0 Å². The zero-order valence-electron chi connectivity index (χ0n) is 22.1. The van der Waals surface area contributed by atoms with Crippen LogP contribution >= 0.6 is 11.6 Å². The number of hydrogen-bond donors (Lipinski definition) is 1. The first kappa shape index (κ1) is 27.9. The fourth-order valence-corrected chi connectivity index (χ4v) is 4.56. The topological polar surface area (TPSA) is 58.6 Å². The second-order valence-electron chi connectivity index (χ2n) is 9.41. The lowest BCUT2D eigenvalue weighted by molar-refractivity contribution is -0.141. The van der Waals surface area contributed by atoms with Crippen molar-refractivity contribution in [3.63, 3.8) is 0 Å². The number of benzene rings is 4. The average molecular weight is 541 g/mol. The van der Waals surface area contributed by atoms with E-state index in [1.54, 1.807) is 24.1 Å². The zero-order valence-corrected chi connectivity index (χ0v) is 22.8. The Labute approximate surface area is 235 Å². The van der Waals surface area contributed by atoms with Gasteiger partial charge >= 0.3 is 0 Å². The van der Waals surface area contributed by atoms with Crippen molar-refractivity contribution >= 4 is 23.4 Å². The summed E-state index contributed by atoms with van der Waals surface area (Å²) in [4.78, 5) is 29.3.